The van der Waals surface area contributed by atoms with Gasteiger partial charge in [0.25, 0.3) is 0 Å². The Hall–Kier alpha value is -2.08. The smallest absolute Gasteiger partial charge is 0.238 e. The Balaban J connectivity index is 1.87. The molecule has 3 aromatic rings. The quantitative estimate of drug-likeness (QED) is 0.800. The molecule has 0 saturated heterocycles. The van der Waals surface area contributed by atoms with Crippen molar-refractivity contribution in [2.45, 2.75) is 13.5 Å². The lowest BCUT2D eigenvalue weighted by atomic mass is 10.2. The van der Waals surface area contributed by atoms with Gasteiger partial charge in [-0.25, -0.2) is 4.39 Å². The molecular weight excluding hydrogens is 277 g/mol. The van der Waals surface area contributed by atoms with Crippen molar-refractivity contribution >= 4 is 22.0 Å². The molecule has 0 saturated carbocycles. The first-order valence-corrected chi connectivity index (χ1v) is 7.05. The number of nitrogens with one attached hydrogen (secondary N) is 1. The van der Waals surface area contributed by atoms with E-state index in [1.807, 2.05) is 29.0 Å². The third-order valence-electron chi connectivity index (χ3n) is 3.09. The Labute approximate surface area is 119 Å². The predicted octanol–water partition coefficient (Wildman–Crippen LogP) is 3.46. The summed E-state index contributed by atoms with van der Waals surface area (Å²) >= 11 is 1.53. The minimum atomic E-state index is -0.255. The summed E-state index contributed by atoms with van der Waals surface area (Å²) in [5.74, 6) is 0.312. The van der Waals surface area contributed by atoms with Crippen LogP contribution in [0.1, 0.15) is 11.3 Å². The normalized spacial score (nSPS) is 10.9. The first-order chi connectivity index (χ1) is 9.69. The second kappa shape index (κ2) is 5.13. The molecule has 0 atom stereocenters. The highest BCUT2D eigenvalue weighted by atomic mass is 32.1. The average Bonchev–Trinajstić information content (AvgIpc) is 2.98. The molecule has 104 valence electrons. The highest BCUT2D eigenvalue weighted by Crippen LogP contribution is 2.24. The van der Waals surface area contributed by atoms with Gasteiger partial charge in [-0.3, -0.25) is 4.40 Å². The summed E-state index contributed by atoms with van der Waals surface area (Å²) in [4.78, 5) is 5.23. The van der Waals surface area contributed by atoms with E-state index in [2.05, 4.69) is 10.3 Å². The first-order valence-electron chi connectivity index (χ1n) is 6.17. The Morgan fingerprint density at radius 3 is 3.05 bits per heavy atom. The molecule has 2 heterocycles. The van der Waals surface area contributed by atoms with Crippen LogP contribution in [0.3, 0.4) is 0 Å². The SMILES string of the molecule is COc1nc2sccn2c1CNc1ccc(C)cc1F. The van der Waals surface area contributed by atoms with E-state index >= 15 is 0 Å². The second-order valence-corrected chi connectivity index (χ2v) is 5.33. The van der Waals surface area contributed by atoms with Crippen molar-refractivity contribution in [3.05, 3.63) is 46.9 Å². The van der Waals surface area contributed by atoms with Crippen molar-refractivity contribution < 1.29 is 9.13 Å². The van der Waals surface area contributed by atoms with E-state index in [1.165, 1.54) is 17.4 Å². The van der Waals surface area contributed by atoms with Gasteiger partial charge in [0.2, 0.25) is 5.88 Å². The van der Waals surface area contributed by atoms with Gasteiger partial charge in [-0.15, -0.1) is 11.3 Å². The number of thiazole rings is 1. The fraction of sp³-hybridized carbons (Fsp3) is 0.214. The van der Waals surface area contributed by atoms with E-state index in [0.29, 0.717) is 18.1 Å². The van der Waals surface area contributed by atoms with E-state index < -0.39 is 0 Å². The predicted molar refractivity (Wildman–Crippen MR) is 78.1 cm³/mol. The van der Waals surface area contributed by atoms with Crippen LogP contribution in [0.15, 0.2) is 29.8 Å². The van der Waals surface area contributed by atoms with Crippen LogP contribution in [0.4, 0.5) is 10.1 Å². The number of hydrogen-bond donors (Lipinski definition) is 1. The zero-order valence-electron chi connectivity index (χ0n) is 11.2. The standard InChI is InChI=1S/C14H14FN3OS/c1-9-3-4-11(10(15)7-9)16-8-12-13(19-2)17-14-18(12)5-6-20-14/h3-7,16H,8H2,1-2H3. The number of aryl methyl sites for hydroxylation is 1. The summed E-state index contributed by atoms with van der Waals surface area (Å²) in [5, 5.41) is 5.04. The zero-order chi connectivity index (χ0) is 14.1. The number of methoxy groups -OCH3 is 1. The van der Waals surface area contributed by atoms with Crippen LogP contribution >= 0.6 is 11.3 Å². The topological polar surface area (TPSA) is 38.6 Å². The highest BCUT2D eigenvalue weighted by Gasteiger charge is 2.14. The number of nitrogens with zero attached hydrogens (tertiary/aromatic N) is 2. The zero-order valence-corrected chi connectivity index (χ0v) is 12.0. The molecule has 1 N–H and O–H groups in total. The van der Waals surface area contributed by atoms with E-state index in [4.69, 9.17) is 4.74 Å². The van der Waals surface area contributed by atoms with Gasteiger partial charge in [-0.05, 0) is 24.6 Å². The molecule has 6 heteroatoms. The lowest BCUT2D eigenvalue weighted by molar-refractivity contribution is 0.395. The minimum absolute atomic E-state index is 0.255. The van der Waals surface area contributed by atoms with Crippen LogP contribution in [0, 0.1) is 12.7 Å². The number of benzene rings is 1. The Kier molecular flexibility index (Phi) is 3.31. The number of aromatic nitrogens is 2. The van der Waals surface area contributed by atoms with Gasteiger partial charge in [0.05, 0.1) is 19.3 Å². The molecule has 0 aliphatic rings. The van der Waals surface area contributed by atoms with E-state index in [9.17, 15) is 4.39 Å². The average molecular weight is 291 g/mol. The summed E-state index contributed by atoms with van der Waals surface area (Å²) in [6, 6.07) is 5.12. The van der Waals surface area contributed by atoms with Crippen molar-refractivity contribution in [1.82, 2.24) is 9.38 Å². The molecule has 0 radical (unpaired) electrons. The van der Waals surface area contributed by atoms with Crippen molar-refractivity contribution in [2.24, 2.45) is 0 Å². The van der Waals surface area contributed by atoms with E-state index in [-0.39, 0.29) is 5.82 Å². The molecule has 0 amide bonds. The molecule has 3 rings (SSSR count). The fourth-order valence-corrected chi connectivity index (χ4v) is 2.80. The highest BCUT2D eigenvalue weighted by molar-refractivity contribution is 7.15. The Morgan fingerprint density at radius 2 is 2.30 bits per heavy atom. The van der Waals surface area contributed by atoms with Gasteiger partial charge in [0.15, 0.2) is 4.96 Å². The number of imidazole rings is 1. The van der Waals surface area contributed by atoms with Gasteiger partial charge < -0.3 is 10.1 Å². The van der Waals surface area contributed by atoms with Crippen LogP contribution in [-0.2, 0) is 6.54 Å². The van der Waals surface area contributed by atoms with E-state index in [0.717, 1.165) is 16.2 Å². The van der Waals surface area contributed by atoms with Gasteiger partial charge in [0, 0.05) is 11.6 Å². The minimum Gasteiger partial charge on any atom is -0.480 e. The maximum absolute atomic E-state index is 13.8. The number of halogens is 1. The molecule has 0 spiro atoms. The molecule has 0 unspecified atom stereocenters. The summed E-state index contributed by atoms with van der Waals surface area (Å²) < 4.78 is 21.0. The van der Waals surface area contributed by atoms with Crippen molar-refractivity contribution in [2.75, 3.05) is 12.4 Å². The third kappa shape index (κ3) is 2.22. The van der Waals surface area contributed by atoms with Gasteiger partial charge in [0.1, 0.15) is 11.5 Å². The third-order valence-corrected chi connectivity index (χ3v) is 3.85. The largest absolute Gasteiger partial charge is 0.480 e. The second-order valence-electron chi connectivity index (χ2n) is 4.46. The monoisotopic (exact) mass is 291 g/mol. The Morgan fingerprint density at radius 1 is 1.45 bits per heavy atom. The number of fused-ring (bicyclic) bond motifs is 1. The van der Waals surface area contributed by atoms with Crippen LogP contribution in [0.25, 0.3) is 4.96 Å². The molecular formula is C14H14FN3OS. The maximum Gasteiger partial charge on any atom is 0.238 e. The van der Waals surface area contributed by atoms with Crippen molar-refractivity contribution in [1.29, 1.82) is 0 Å². The molecule has 0 aliphatic carbocycles. The fourth-order valence-electron chi connectivity index (χ4n) is 2.08. The van der Waals surface area contributed by atoms with Crippen molar-refractivity contribution in [3.8, 4) is 5.88 Å². The summed E-state index contributed by atoms with van der Waals surface area (Å²) in [7, 11) is 1.59. The van der Waals surface area contributed by atoms with Crippen LogP contribution < -0.4 is 10.1 Å². The summed E-state index contributed by atoms with van der Waals surface area (Å²) in [6.07, 6.45) is 1.93. The molecule has 0 bridgehead atoms. The molecule has 0 fully saturated rings. The lowest BCUT2D eigenvalue weighted by Gasteiger charge is -2.08. The number of hydrogen-bond acceptors (Lipinski definition) is 4. The molecule has 4 nitrogen and oxygen atoms in total. The molecule has 20 heavy (non-hydrogen) atoms. The van der Waals surface area contributed by atoms with Gasteiger partial charge >= 0.3 is 0 Å². The lowest BCUT2D eigenvalue weighted by Crippen LogP contribution is -2.05. The maximum atomic E-state index is 13.8. The Bertz CT molecular complexity index is 750. The number of anilines is 1. The summed E-state index contributed by atoms with van der Waals surface area (Å²) in [6.45, 7) is 2.31. The molecule has 2 aromatic heterocycles. The van der Waals surface area contributed by atoms with Crippen molar-refractivity contribution in [3.63, 3.8) is 0 Å². The first kappa shape index (κ1) is 12.9. The van der Waals surface area contributed by atoms with Crippen LogP contribution in [-0.4, -0.2) is 16.5 Å². The van der Waals surface area contributed by atoms with Crippen LogP contribution in [0.2, 0.25) is 0 Å². The van der Waals surface area contributed by atoms with Gasteiger partial charge in [-0.1, -0.05) is 6.07 Å². The van der Waals surface area contributed by atoms with E-state index in [1.54, 1.807) is 13.2 Å². The number of ether oxygens (including phenoxy) is 1. The summed E-state index contributed by atoms with van der Waals surface area (Å²) in [5.41, 5.74) is 2.25. The molecule has 1 aromatic carbocycles. The molecule has 0 aliphatic heterocycles. The number of rotatable bonds is 4. The van der Waals surface area contributed by atoms with Gasteiger partial charge in [-0.2, -0.15) is 4.98 Å². The van der Waals surface area contributed by atoms with Crippen LogP contribution in [0.5, 0.6) is 5.88 Å².